The molecule has 2 atom stereocenters. The highest BCUT2D eigenvalue weighted by atomic mass is 16.5. The van der Waals surface area contributed by atoms with Crippen molar-refractivity contribution in [3.63, 3.8) is 0 Å². The summed E-state index contributed by atoms with van der Waals surface area (Å²) in [4.78, 5) is 4.16. The second-order valence-electron chi connectivity index (χ2n) is 3.82. The largest absolute Gasteiger partial charge is 0.383 e. The lowest BCUT2D eigenvalue weighted by Crippen LogP contribution is -2.08. The van der Waals surface area contributed by atoms with E-state index < -0.39 is 6.10 Å². The van der Waals surface area contributed by atoms with Gasteiger partial charge in [0, 0.05) is 6.61 Å². The molecule has 17 heavy (non-hydrogen) atoms. The molecule has 0 fully saturated rings. The molecule has 98 valence electrons. The van der Waals surface area contributed by atoms with Crippen LogP contribution in [-0.4, -0.2) is 28.4 Å². The summed E-state index contributed by atoms with van der Waals surface area (Å²) in [6.45, 7) is 4.96. The van der Waals surface area contributed by atoms with E-state index in [2.05, 4.69) is 17.1 Å². The predicted octanol–water partition coefficient (Wildman–Crippen LogP) is 1.33. The first-order valence-electron chi connectivity index (χ1n) is 6.06. The minimum Gasteiger partial charge on any atom is -0.383 e. The monoisotopic (exact) mass is 243 g/mol. The zero-order valence-corrected chi connectivity index (χ0v) is 10.4. The van der Waals surface area contributed by atoms with Gasteiger partial charge in [-0.3, -0.25) is 0 Å². The Labute approximate surface area is 101 Å². The standard InChI is InChI=1S/C11H21N3O3/c1-3-5-9(16-4-2)10-13-11(17-14-10)8(15)6-7-12/h8-9,15H,3-7,12H2,1-2H3. The Hall–Kier alpha value is -0.980. The van der Waals surface area contributed by atoms with Gasteiger partial charge in [0.15, 0.2) is 0 Å². The van der Waals surface area contributed by atoms with Gasteiger partial charge < -0.3 is 20.1 Å². The molecule has 6 nitrogen and oxygen atoms in total. The molecule has 0 aliphatic rings. The van der Waals surface area contributed by atoms with E-state index in [0.717, 1.165) is 12.8 Å². The predicted molar refractivity (Wildman–Crippen MR) is 62.2 cm³/mol. The van der Waals surface area contributed by atoms with Crippen molar-refractivity contribution in [3.05, 3.63) is 11.7 Å². The van der Waals surface area contributed by atoms with Gasteiger partial charge in [0.25, 0.3) is 5.89 Å². The van der Waals surface area contributed by atoms with E-state index in [1.165, 1.54) is 0 Å². The molecule has 0 spiro atoms. The Morgan fingerprint density at radius 3 is 2.76 bits per heavy atom. The highest BCUT2D eigenvalue weighted by molar-refractivity contribution is 4.94. The Morgan fingerprint density at radius 2 is 2.18 bits per heavy atom. The van der Waals surface area contributed by atoms with E-state index in [-0.39, 0.29) is 12.0 Å². The molecule has 0 saturated carbocycles. The Bertz CT molecular complexity index is 311. The SMILES string of the molecule is CCCC(OCC)c1noc(C(O)CCN)n1. The summed E-state index contributed by atoms with van der Waals surface area (Å²) >= 11 is 0. The normalized spacial score (nSPS) is 14.8. The van der Waals surface area contributed by atoms with Crippen molar-refractivity contribution in [3.8, 4) is 0 Å². The van der Waals surface area contributed by atoms with E-state index >= 15 is 0 Å². The van der Waals surface area contributed by atoms with Crippen LogP contribution in [0.4, 0.5) is 0 Å². The first-order valence-corrected chi connectivity index (χ1v) is 6.06. The van der Waals surface area contributed by atoms with Gasteiger partial charge in [-0.1, -0.05) is 18.5 Å². The Morgan fingerprint density at radius 1 is 1.41 bits per heavy atom. The number of rotatable bonds is 8. The molecule has 0 aromatic carbocycles. The summed E-state index contributed by atoms with van der Waals surface area (Å²) in [6, 6.07) is 0. The van der Waals surface area contributed by atoms with Crippen LogP contribution in [0.3, 0.4) is 0 Å². The van der Waals surface area contributed by atoms with E-state index in [4.69, 9.17) is 15.0 Å². The van der Waals surface area contributed by atoms with Crippen LogP contribution >= 0.6 is 0 Å². The molecule has 0 radical (unpaired) electrons. The maximum atomic E-state index is 9.66. The Kier molecular flexibility index (Phi) is 6.10. The van der Waals surface area contributed by atoms with Crippen molar-refractivity contribution in [2.75, 3.05) is 13.2 Å². The van der Waals surface area contributed by atoms with Gasteiger partial charge in [0.2, 0.25) is 5.82 Å². The molecule has 1 rings (SSSR count). The minimum absolute atomic E-state index is 0.160. The third-order valence-corrected chi connectivity index (χ3v) is 2.39. The van der Waals surface area contributed by atoms with Crippen LogP contribution in [0.5, 0.6) is 0 Å². The minimum atomic E-state index is -0.787. The molecule has 6 heteroatoms. The first-order chi connectivity index (χ1) is 8.22. The number of aliphatic hydroxyl groups is 1. The lowest BCUT2D eigenvalue weighted by molar-refractivity contribution is 0.0477. The molecule has 0 aliphatic heterocycles. The second-order valence-corrected chi connectivity index (χ2v) is 3.82. The zero-order valence-electron chi connectivity index (χ0n) is 10.4. The fourth-order valence-electron chi connectivity index (χ4n) is 1.55. The molecule has 1 heterocycles. The zero-order chi connectivity index (χ0) is 12.7. The molecule has 1 aromatic rings. The van der Waals surface area contributed by atoms with E-state index in [0.29, 0.717) is 25.4 Å². The third-order valence-electron chi connectivity index (χ3n) is 2.39. The molecule has 0 aliphatic carbocycles. The smallest absolute Gasteiger partial charge is 0.255 e. The summed E-state index contributed by atoms with van der Waals surface area (Å²) in [5, 5.41) is 13.5. The summed E-state index contributed by atoms with van der Waals surface area (Å²) in [5.41, 5.74) is 5.35. The van der Waals surface area contributed by atoms with Gasteiger partial charge in [-0.05, 0) is 26.3 Å². The molecular weight excluding hydrogens is 222 g/mol. The van der Waals surface area contributed by atoms with Crippen molar-refractivity contribution < 1.29 is 14.4 Å². The summed E-state index contributed by atoms with van der Waals surface area (Å²) in [5.74, 6) is 0.714. The molecule has 0 saturated heterocycles. The maximum absolute atomic E-state index is 9.66. The molecule has 0 amide bonds. The summed E-state index contributed by atoms with van der Waals surface area (Å²) in [6.07, 6.45) is 1.27. The number of aromatic nitrogens is 2. The van der Waals surface area contributed by atoms with E-state index in [1.807, 2.05) is 6.92 Å². The highest BCUT2D eigenvalue weighted by Gasteiger charge is 2.21. The summed E-state index contributed by atoms with van der Waals surface area (Å²) in [7, 11) is 0. The van der Waals surface area contributed by atoms with Gasteiger partial charge in [-0.15, -0.1) is 0 Å². The summed E-state index contributed by atoms with van der Waals surface area (Å²) < 4.78 is 10.5. The average molecular weight is 243 g/mol. The van der Waals surface area contributed by atoms with Crippen LogP contribution < -0.4 is 5.73 Å². The lowest BCUT2D eigenvalue weighted by atomic mass is 10.2. The topological polar surface area (TPSA) is 94.4 Å². The number of hydrogen-bond donors (Lipinski definition) is 2. The van der Waals surface area contributed by atoms with Crippen LogP contribution in [0, 0.1) is 0 Å². The number of ether oxygens (including phenoxy) is 1. The van der Waals surface area contributed by atoms with Crippen molar-refractivity contribution in [1.29, 1.82) is 0 Å². The van der Waals surface area contributed by atoms with Crippen molar-refractivity contribution in [1.82, 2.24) is 10.1 Å². The highest BCUT2D eigenvalue weighted by Crippen LogP contribution is 2.22. The van der Waals surface area contributed by atoms with Crippen LogP contribution in [0.25, 0.3) is 0 Å². The number of nitrogens with two attached hydrogens (primary N) is 1. The van der Waals surface area contributed by atoms with Crippen LogP contribution in [0.15, 0.2) is 4.52 Å². The van der Waals surface area contributed by atoms with Crippen LogP contribution in [0.2, 0.25) is 0 Å². The molecule has 2 unspecified atom stereocenters. The average Bonchev–Trinajstić information content (AvgIpc) is 2.78. The van der Waals surface area contributed by atoms with E-state index in [9.17, 15) is 5.11 Å². The lowest BCUT2D eigenvalue weighted by Gasteiger charge is -2.11. The van der Waals surface area contributed by atoms with Crippen molar-refractivity contribution in [2.45, 2.75) is 45.3 Å². The van der Waals surface area contributed by atoms with Gasteiger partial charge in [0.05, 0.1) is 0 Å². The number of aliphatic hydroxyl groups excluding tert-OH is 1. The molecule has 3 N–H and O–H groups in total. The van der Waals surface area contributed by atoms with Crippen molar-refractivity contribution in [2.24, 2.45) is 5.73 Å². The van der Waals surface area contributed by atoms with Crippen LogP contribution in [-0.2, 0) is 4.74 Å². The van der Waals surface area contributed by atoms with Crippen LogP contribution in [0.1, 0.15) is 57.0 Å². The molecule has 0 bridgehead atoms. The third kappa shape index (κ3) is 4.07. The van der Waals surface area contributed by atoms with Gasteiger partial charge in [0.1, 0.15) is 12.2 Å². The van der Waals surface area contributed by atoms with Gasteiger partial charge in [-0.2, -0.15) is 4.98 Å². The fourth-order valence-corrected chi connectivity index (χ4v) is 1.55. The van der Waals surface area contributed by atoms with Gasteiger partial charge >= 0.3 is 0 Å². The molecular formula is C11H21N3O3. The second kappa shape index (κ2) is 7.37. The number of nitrogens with zero attached hydrogens (tertiary/aromatic N) is 2. The first kappa shape index (κ1) is 14.1. The van der Waals surface area contributed by atoms with E-state index in [1.54, 1.807) is 0 Å². The molecule has 1 aromatic heterocycles. The fraction of sp³-hybridized carbons (Fsp3) is 0.818. The number of hydrogen-bond acceptors (Lipinski definition) is 6. The van der Waals surface area contributed by atoms with Crippen molar-refractivity contribution >= 4 is 0 Å². The maximum Gasteiger partial charge on any atom is 0.255 e. The Balaban J connectivity index is 2.69. The van der Waals surface area contributed by atoms with Gasteiger partial charge in [-0.25, -0.2) is 0 Å². The quantitative estimate of drug-likeness (QED) is 0.715.